The average Bonchev–Trinajstić information content (AvgIpc) is 2.33. The monoisotopic (exact) mass is 284 g/mol. The number of aliphatic carboxylic acids is 1. The summed E-state index contributed by atoms with van der Waals surface area (Å²) in [6.45, 7) is 12.6. The van der Waals surface area contributed by atoms with E-state index in [1.54, 1.807) is 6.92 Å². The van der Waals surface area contributed by atoms with Crippen molar-refractivity contribution in [2.75, 3.05) is 0 Å². The Morgan fingerprint density at radius 3 is 2.30 bits per heavy atom. The molecular formula is C17H32O3. The van der Waals surface area contributed by atoms with E-state index in [1.807, 2.05) is 13.8 Å². The molecule has 0 saturated heterocycles. The lowest BCUT2D eigenvalue weighted by Gasteiger charge is -2.40. The zero-order chi connectivity index (χ0) is 15.5. The van der Waals surface area contributed by atoms with Crippen molar-refractivity contribution < 1.29 is 14.6 Å². The molecular weight excluding hydrogens is 252 g/mol. The van der Waals surface area contributed by atoms with Gasteiger partial charge in [0.2, 0.25) is 0 Å². The van der Waals surface area contributed by atoms with Gasteiger partial charge < -0.3 is 9.84 Å². The molecule has 0 aliphatic heterocycles. The fraction of sp³-hybridized carbons (Fsp3) is 0.941. The molecule has 20 heavy (non-hydrogen) atoms. The van der Waals surface area contributed by atoms with Gasteiger partial charge in [0.05, 0.1) is 18.1 Å². The minimum Gasteiger partial charge on any atom is -0.481 e. The van der Waals surface area contributed by atoms with Gasteiger partial charge in [0.15, 0.2) is 0 Å². The quantitative estimate of drug-likeness (QED) is 0.788. The van der Waals surface area contributed by atoms with Gasteiger partial charge in [-0.25, -0.2) is 0 Å². The van der Waals surface area contributed by atoms with Gasteiger partial charge in [-0.05, 0) is 50.4 Å². The van der Waals surface area contributed by atoms with Crippen molar-refractivity contribution in [3.05, 3.63) is 0 Å². The Morgan fingerprint density at radius 1 is 1.25 bits per heavy atom. The lowest BCUT2D eigenvalue weighted by Crippen LogP contribution is -2.39. The Bertz CT molecular complexity index is 322. The van der Waals surface area contributed by atoms with Crippen LogP contribution >= 0.6 is 0 Å². The summed E-state index contributed by atoms with van der Waals surface area (Å²) in [6, 6.07) is 0. The third kappa shape index (κ3) is 4.76. The van der Waals surface area contributed by atoms with Crippen LogP contribution in [0.5, 0.6) is 0 Å². The van der Waals surface area contributed by atoms with Gasteiger partial charge in [-0.2, -0.15) is 0 Å². The molecule has 0 heterocycles. The molecule has 4 atom stereocenters. The molecule has 1 aliphatic carbocycles. The minimum atomic E-state index is -0.764. The Hall–Kier alpha value is -0.570. The number of ether oxygens (including phenoxy) is 1. The van der Waals surface area contributed by atoms with Crippen molar-refractivity contribution in [3.63, 3.8) is 0 Å². The van der Waals surface area contributed by atoms with Gasteiger partial charge in [-0.3, -0.25) is 4.79 Å². The summed E-state index contributed by atoms with van der Waals surface area (Å²) in [7, 11) is 0. The van der Waals surface area contributed by atoms with Crippen molar-refractivity contribution in [3.8, 4) is 0 Å². The van der Waals surface area contributed by atoms with E-state index in [9.17, 15) is 9.90 Å². The SMILES string of the molecule is CC(O[C@H](C(C)C)C(C)C(=O)O)C1CCCC(C)(C)C1. The molecule has 1 N–H and O–H groups in total. The zero-order valence-corrected chi connectivity index (χ0v) is 14.0. The highest BCUT2D eigenvalue weighted by atomic mass is 16.5. The number of hydrogen-bond donors (Lipinski definition) is 1. The third-order valence-electron chi connectivity index (χ3n) is 4.82. The second kappa shape index (κ2) is 6.93. The summed E-state index contributed by atoms with van der Waals surface area (Å²) in [6.07, 6.45) is 4.87. The summed E-state index contributed by atoms with van der Waals surface area (Å²) in [5.74, 6) is -0.435. The van der Waals surface area contributed by atoms with Crippen molar-refractivity contribution in [2.45, 2.75) is 79.4 Å². The van der Waals surface area contributed by atoms with E-state index in [4.69, 9.17) is 4.74 Å². The topological polar surface area (TPSA) is 46.5 Å². The fourth-order valence-corrected chi connectivity index (χ4v) is 3.51. The molecule has 0 amide bonds. The predicted molar refractivity (Wildman–Crippen MR) is 81.7 cm³/mol. The van der Waals surface area contributed by atoms with E-state index < -0.39 is 11.9 Å². The second-order valence-electron chi connectivity index (χ2n) is 7.70. The summed E-state index contributed by atoms with van der Waals surface area (Å²) in [5, 5.41) is 9.23. The van der Waals surface area contributed by atoms with Gasteiger partial charge >= 0.3 is 5.97 Å². The van der Waals surface area contributed by atoms with Gasteiger partial charge in [0.1, 0.15) is 0 Å². The van der Waals surface area contributed by atoms with Crippen molar-refractivity contribution >= 4 is 5.97 Å². The lowest BCUT2D eigenvalue weighted by molar-refractivity contribution is -0.153. The molecule has 0 aromatic rings. The molecule has 0 spiro atoms. The standard InChI is InChI=1S/C17H32O3/c1-11(2)15(12(3)16(18)19)20-13(4)14-8-7-9-17(5,6)10-14/h11-15H,7-10H2,1-6H3,(H,18,19)/t12?,13?,14?,15-/m1/s1. The smallest absolute Gasteiger partial charge is 0.308 e. The first-order valence-electron chi connectivity index (χ1n) is 8.02. The summed E-state index contributed by atoms with van der Waals surface area (Å²) >= 11 is 0. The molecule has 1 rings (SSSR count). The molecule has 1 aliphatic rings. The van der Waals surface area contributed by atoms with Crippen molar-refractivity contribution in [2.24, 2.45) is 23.2 Å². The zero-order valence-electron chi connectivity index (χ0n) is 14.0. The molecule has 3 nitrogen and oxygen atoms in total. The van der Waals surface area contributed by atoms with Crippen LogP contribution in [-0.4, -0.2) is 23.3 Å². The lowest BCUT2D eigenvalue weighted by atomic mass is 9.70. The summed E-state index contributed by atoms with van der Waals surface area (Å²) < 4.78 is 6.19. The molecule has 0 radical (unpaired) electrons. The first kappa shape index (κ1) is 17.5. The van der Waals surface area contributed by atoms with Crippen LogP contribution in [0.2, 0.25) is 0 Å². The van der Waals surface area contributed by atoms with E-state index in [1.165, 1.54) is 25.7 Å². The van der Waals surface area contributed by atoms with Gasteiger partial charge in [-0.1, -0.05) is 34.1 Å². The maximum absolute atomic E-state index is 11.2. The Morgan fingerprint density at radius 2 is 1.85 bits per heavy atom. The highest BCUT2D eigenvalue weighted by Gasteiger charge is 2.35. The molecule has 0 aromatic heterocycles. The number of carbonyl (C=O) groups is 1. The van der Waals surface area contributed by atoms with Gasteiger partial charge in [0.25, 0.3) is 0 Å². The molecule has 3 heteroatoms. The highest BCUT2D eigenvalue weighted by Crippen LogP contribution is 2.41. The number of carboxylic acid groups (broad SMARTS) is 1. The van der Waals surface area contributed by atoms with E-state index in [0.717, 1.165) is 0 Å². The van der Waals surface area contributed by atoms with E-state index in [0.29, 0.717) is 11.3 Å². The van der Waals surface area contributed by atoms with Crippen molar-refractivity contribution in [1.82, 2.24) is 0 Å². The maximum atomic E-state index is 11.2. The molecule has 118 valence electrons. The van der Waals surface area contributed by atoms with Crippen molar-refractivity contribution in [1.29, 1.82) is 0 Å². The Labute approximate surface area is 124 Å². The van der Waals surface area contributed by atoms with E-state index >= 15 is 0 Å². The van der Waals surface area contributed by atoms with Crippen LogP contribution in [0.3, 0.4) is 0 Å². The third-order valence-corrected chi connectivity index (χ3v) is 4.82. The largest absolute Gasteiger partial charge is 0.481 e. The fourth-order valence-electron chi connectivity index (χ4n) is 3.51. The summed E-state index contributed by atoms with van der Waals surface area (Å²) in [4.78, 5) is 11.2. The van der Waals surface area contributed by atoms with Crippen LogP contribution < -0.4 is 0 Å². The van der Waals surface area contributed by atoms with E-state index in [-0.39, 0.29) is 18.1 Å². The number of carboxylic acids is 1. The van der Waals surface area contributed by atoms with Gasteiger partial charge in [-0.15, -0.1) is 0 Å². The van der Waals surface area contributed by atoms with Crippen LogP contribution in [-0.2, 0) is 9.53 Å². The van der Waals surface area contributed by atoms with Crippen LogP contribution in [0.4, 0.5) is 0 Å². The highest BCUT2D eigenvalue weighted by molar-refractivity contribution is 5.70. The second-order valence-corrected chi connectivity index (χ2v) is 7.70. The van der Waals surface area contributed by atoms with Crippen LogP contribution in [0.15, 0.2) is 0 Å². The summed E-state index contributed by atoms with van der Waals surface area (Å²) in [5.41, 5.74) is 0.395. The van der Waals surface area contributed by atoms with Gasteiger partial charge in [0, 0.05) is 0 Å². The average molecular weight is 284 g/mol. The molecule has 1 saturated carbocycles. The van der Waals surface area contributed by atoms with Crippen LogP contribution in [0.25, 0.3) is 0 Å². The minimum absolute atomic E-state index is 0.142. The first-order chi connectivity index (χ1) is 9.14. The molecule has 1 fully saturated rings. The predicted octanol–water partition coefficient (Wildman–Crippen LogP) is 4.35. The Balaban J connectivity index is 2.66. The van der Waals surface area contributed by atoms with Crippen LogP contribution in [0.1, 0.15) is 67.2 Å². The van der Waals surface area contributed by atoms with Crippen LogP contribution in [0, 0.1) is 23.2 Å². The maximum Gasteiger partial charge on any atom is 0.308 e. The normalized spacial score (nSPS) is 27.1. The molecule has 3 unspecified atom stereocenters. The number of hydrogen-bond acceptors (Lipinski definition) is 2. The molecule has 0 aromatic carbocycles. The Kier molecular flexibility index (Phi) is 6.06. The van der Waals surface area contributed by atoms with E-state index in [2.05, 4.69) is 20.8 Å². The molecule has 0 bridgehead atoms. The first-order valence-corrected chi connectivity index (χ1v) is 8.02. The number of rotatable bonds is 6.